The Kier molecular flexibility index (Phi) is 8.20. The van der Waals surface area contributed by atoms with Gasteiger partial charge < -0.3 is 9.45 Å². The maximum Gasteiger partial charge on any atom is 0.156 e. The van der Waals surface area contributed by atoms with Crippen molar-refractivity contribution in [2.45, 2.75) is 32.6 Å². The normalized spacial score (nSPS) is 19.1. The molecule has 1 rings (SSSR count). The van der Waals surface area contributed by atoms with Crippen LogP contribution in [0.1, 0.15) is 32.6 Å². The lowest BCUT2D eigenvalue weighted by atomic mass is 10.2. The van der Waals surface area contributed by atoms with Gasteiger partial charge in [-0.15, -0.1) is 0 Å². The van der Waals surface area contributed by atoms with Gasteiger partial charge in [0.05, 0.1) is 22.9 Å². The van der Waals surface area contributed by atoms with Gasteiger partial charge in [-0.05, 0) is 12.8 Å². The number of unbranched alkanes of at least 4 members (excludes halogenated alkanes) is 3. The fourth-order valence-corrected chi connectivity index (χ4v) is 1.60. The summed E-state index contributed by atoms with van der Waals surface area (Å²) >= 11 is 0. The molecule has 0 radical (unpaired) electrons. The van der Waals surface area contributed by atoms with Crippen LogP contribution in [0.2, 0.25) is 0 Å². The van der Waals surface area contributed by atoms with Gasteiger partial charge >= 0.3 is 0 Å². The molecule has 0 aromatic rings. The molecule has 102 valence electrons. The Hall–Kier alpha value is -0.590. The van der Waals surface area contributed by atoms with E-state index in [-0.39, 0.29) is 0 Å². The number of quaternary nitrogens is 1. The van der Waals surface area contributed by atoms with E-state index in [0.717, 1.165) is 6.67 Å². The van der Waals surface area contributed by atoms with E-state index >= 15 is 0 Å². The van der Waals surface area contributed by atoms with Crippen molar-refractivity contribution in [2.24, 2.45) is 0 Å². The molecule has 17 heavy (non-hydrogen) atoms. The lowest BCUT2D eigenvalue weighted by Gasteiger charge is -2.12. The second-order valence-electron chi connectivity index (χ2n) is 4.40. The van der Waals surface area contributed by atoms with Crippen molar-refractivity contribution in [1.29, 1.82) is 0 Å². The molecular formula is C11H24N2O3S. The summed E-state index contributed by atoms with van der Waals surface area (Å²) in [6, 6.07) is 0. The van der Waals surface area contributed by atoms with E-state index < -0.39 is 10.1 Å². The number of nitrogens with zero attached hydrogens (tertiary/aromatic N) is 1. The number of hydrogen-bond donors (Lipinski definition) is 1. The molecule has 1 aliphatic heterocycles. The second kappa shape index (κ2) is 8.49. The zero-order valence-corrected chi connectivity index (χ0v) is 11.8. The highest BCUT2D eigenvalue weighted by molar-refractivity contribution is 7.84. The minimum Gasteiger partial charge on any atom is -0.748 e. The van der Waals surface area contributed by atoms with E-state index in [2.05, 4.69) is 31.3 Å². The lowest BCUT2D eigenvalue weighted by molar-refractivity contribution is -0.848. The van der Waals surface area contributed by atoms with Crippen LogP contribution in [0.15, 0.2) is 12.4 Å². The molecule has 0 fully saturated rings. The Labute approximate surface area is 105 Å². The summed E-state index contributed by atoms with van der Waals surface area (Å²) in [5.41, 5.74) is 0. The fraction of sp³-hybridized carbons (Fsp3) is 0.818. The minimum atomic E-state index is -3.92. The van der Waals surface area contributed by atoms with Gasteiger partial charge in [-0.1, -0.05) is 19.8 Å². The first-order chi connectivity index (χ1) is 7.83. The summed E-state index contributed by atoms with van der Waals surface area (Å²) < 4.78 is 27.2. The predicted octanol–water partition coefficient (Wildman–Crippen LogP) is -0.0129. The molecule has 1 unspecified atom stereocenters. The van der Waals surface area contributed by atoms with Crippen LogP contribution in [0.5, 0.6) is 0 Å². The summed E-state index contributed by atoms with van der Waals surface area (Å²) in [6.07, 6.45) is 10.6. The molecule has 1 aliphatic rings. The van der Waals surface area contributed by atoms with Crippen molar-refractivity contribution in [3.05, 3.63) is 12.4 Å². The summed E-state index contributed by atoms with van der Waals surface area (Å²) in [5.74, 6) is 0. The SMILES string of the molecule is CCCCCC[NH+]1C=CN(C)C1.CS(=O)(=O)[O-]. The fourth-order valence-electron chi connectivity index (χ4n) is 1.60. The number of hydrogen-bond acceptors (Lipinski definition) is 4. The molecule has 0 amide bonds. The Morgan fingerprint density at radius 3 is 2.35 bits per heavy atom. The quantitative estimate of drug-likeness (QED) is 0.560. The highest BCUT2D eigenvalue weighted by Gasteiger charge is 2.11. The monoisotopic (exact) mass is 264 g/mol. The molecular weight excluding hydrogens is 240 g/mol. The summed E-state index contributed by atoms with van der Waals surface area (Å²) in [4.78, 5) is 3.85. The van der Waals surface area contributed by atoms with Gasteiger partial charge in [0, 0.05) is 13.3 Å². The number of rotatable bonds is 5. The number of nitrogens with one attached hydrogen (secondary N) is 1. The molecule has 5 nitrogen and oxygen atoms in total. The maximum atomic E-state index is 9.08. The van der Waals surface area contributed by atoms with Crippen molar-refractivity contribution >= 4 is 10.1 Å². The molecule has 0 bridgehead atoms. The van der Waals surface area contributed by atoms with E-state index in [1.165, 1.54) is 32.2 Å². The van der Waals surface area contributed by atoms with Gasteiger partial charge in [-0.25, -0.2) is 8.42 Å². The Balaban J connectivity index is 0.000000437. The molecule has 0 aromatic carbocycles. The minimum absolute atomic E-state index is 0.604. The average Bonchev–Trinajstić information content (AvgIpc) is 2.56. The van der Waals surface area contributed by atoms with Gasteiger partial charge in [0.15, 0.2) is 6.67 Å². The first-order valence-electron chi connectivity index (χ1n) is 5.97. The summed E-state index contributed by atoms with van der Waals surface area (Å²) in [6.45, 7) is 4.73. The predicted molar refractivity (Wildman–Crippen MR) is 67.4 cm³/mol. The lowest BCUT2D eigenvalue weighted by Crippen LogP contribution is -3.07. The van der Waals surface area contributed by atoms with Crippen LogP contribution < -0.4 is 4.90 Å². The van der Waals surface area contributed by atoms with Gasteiger partial charge in [-0.2, -0.15) is 0 Å². The second-order valence-corrected chi connectivity index (χ2v) is 5.81. The summed E-state index contributed by atoms with van der Waals surface area (Å²) in [7, 11) is -1.78. The van der Waals surface area contributed by atoms with Crippen LogP contribution in [-0.2, 0) is 10.1 Å². The van der Waals surface area contributed by atoms with Gasteiger partial charge in [0.2, 0.25) is 0 Å². The molecule has 1 N–H and O–H groups in total. The topological polar surface area (TPSA) is 64.9 Å². The van der Waals surface area contributed by atoms with Gasteiger partial charge in [0.1, 0.15) is 6.20 Å². The molecule has 1 atom stereocenters. The molecule has 0 aromatic heterocycles. The van der Waals surface area contributed by atoms with Crippen LogP contribution in [0.3, 0.4) is 0 Å². The molecule has 0 saturated carbocycles. The van der Waals surface area contributed by atoms with Crippen LogP contribution in [-0.4, -0.2) is 44.4 Å². The highest BCUT2D eigenvalue weighted by Crippen LogP contribution is 1.96. The largest absolute Gasteiger partial charge is 0.748 e. The maximum absolute atomic E-state index is 9.08. The Morgan fingerprint density at radius 1 is 1.35 bits per heavy atom. The first-order valence-corrected chi connectivity index (χ1v) is 7.78. The highest BCUT2D eigenvalue weighted by atomic mass is 32.2. The Bertz CT molecular complexity index is 307. The smallest absolute Gasteiger partial charge is 0.156 e. The molecule has 0 saturated heterocycles. The molecule has 6 heteroatoms. The van der Waals surface area contributed by atoms with Crippen molar-refractivity contribution < 1.29 is 17.9 Å². The summed E-state index contributed by atoms with van der Waals surface area (Å²) in [5, 5.41) is 0. The van der Waals surface area contributed by atoms with Crippen LogP contribution in [0, 0.1) is 0 Å². The average molecular weight is 264 g/mol. The van der Waals surface area contributed by atoms with E-state index in [0.29, 0.717) is 6.26 Å². The van der Waals surface area contributed by atoms with E-state index in [4.69, 9.17) is 13.0 Å². The Morgan fingerprint density at radius 2 is 1.94 bits per heavy atom. The molecule has 0 aliphatic carbocycles. The van der Waals surface area contributed by atoms with Crippen molar-refractivity contribution in [3.63, 3.8) is 0 Å². The van der Waals surface area contributed by atoms with E-state index in [9.17, 15) is 0 Å². The van der Waals surface area contributed by atoms with Gasteiger partial charge in [-0.3, -0.25) is 4.90 Å². The molecule has 1 heterocycles. The van der Waals surface area contributed by atoms with Crippen molar-refractivity contribution in [1.82, 2.24) is 4.90 Å². The van der Waals surface area contributed by atoms with Crippen LogP contribution >= 0.6 is 0 Å². The zero-order chi connectivity index (χ0) is 13.3. The van der Waals surface area contributed by atoms with E-state index in [1.54, 1.807) is 4.90 Å². The van der Waals surface area contributed by atoms with Crippen LogP contribution in [0.4, 0.5) is 0 Å². The van der Waals surface area contributed by atoms with E-state index in [1.807, 2.05) is 0 Å². The van der Waals surface area contributed by atoms with Gasteiger partial charge in [0.25, 0.3) is 0 Å². The third-order valence-corrected chi connectivity index (χ3v) is 2.37. The van der Waals surface area contributed by atoms with Crippen molar-refractivity contribution in [3.8, 4) is 0 Å². The van der Waals surface area contributed by atoms with Crippen molar-refractivity contribution in [2.75, 3.05) is 26.5 Å². The zero-order valence-electron chi connectivity index (χ0n) is 11.0. The first kappa shape index (κ1) is 16.4. The molecule has 0 spiro atoms. The van der Waals surface area contributed by atoms with Crippen LogP contribution in [0.25, 0.3) is 0 Å². The third kappa shape index (κ3) is 13.3. The standard InChI is InChI=1S/C10H20N2.CH4O3S/c1-3-4-5-6-7-12-9-8-11(2)10-12;1-5(2,3)4/h8-9H,3-7,10H2,1-2H3;1H3,(H,2,3,4). The third-order valence-electron chi connectivity index (χ3n) is 2.37.